The first kappa shape index (κ1) is 19.6. The second kappa shape index (κ2) is 8.03. The van der Waals surface area contributed by atoms with Crippen LogP contribution in [0.5, 0.6) is 11.5 Å². The Hall–Kier alpha value is -3.39. The van der Waals surface area contributed by atoms with E-state index in [0.29, 0.717) is 13.1 Å². The molecule has 2 aromatic carbocycles. The number of hydrogen-bond acceptors (Lipinski definition) is 6. The predicted molar refractivity (Wildman–Crippen MR) is 117 cm³/mol. The number of fused-ring (bicyclic) bond motifs is 2. The Morgan fingerprint density at radius 3 is 2.48 bits per heavy atom. The number of carbonyl (C=O) groups excluding carboxylic acids is 1. The van der Waals surface area contributed by atoms with E-state index in [1.807, 2.05) is 49.1 Å². The third kappa shape index (κ3) is 4.11. The van der Waals surface area contributed by atoms with Crippen molar-refractivity contribution < 1.29 is 14.3 Å². The minimum Gasteiger partial charge on any atom is -0.454 e. The predicted octanol–water partition coefficient (Wildman–Crippen LogP) is 3.33. The van der Waals surface area contributed by atoms with E-state index in [9.17, 15) is 4.79 Å². The first-order chi connectivity index (χ1) is 15.0. The van der Waals surface area contributed by atoms with Gasteiger partial charge in [-0.25, -0.2) is 14.8 Å². The van der Waals surface area contributed by atoms with Gasteiger partial charge in [-0.15, -0.1) is 0 Å². The van der Waals surface area contributed by atoms with E-state index in [1.165, 1.54) is 5.56 Å². The number of piperazine rings is 1. The number of anilines is 1. The molecule has 8 nitrogen and oxygen atoms in total. The maximum Gasteiger partial charge on any atom is 0.321 e. The van der Waals surface area contributed by atoms with Crippen molar-refractivity contribution in [1.29, 1.82) is 0 Å². The zero-order chi connectivity index (χ0) is 21.4. The van der Waals surface area contributed by atoms with Crippen molar-refractivity contribution in [1.82, 2.24) is 19.8 Å². The van der Waals surface area contributed by atoms with Crippen molar-refractivity contribution in [2.24, 2.45) is 0 Å². The molecule has 1 N–H and O–H groups in total. The van der Waals surface area contributed by atoms with Crippen LogP contribution >= 0.6 is 0 Å². The van der Waals surface area contributed by atoms with Gasteiger partial charge in [0.1, 0.15) is 0 Å². The highest BCUT2D eigenvalue weighted by atomic mass is 16.7. The van der Waals surface area contributed by atoms with Crippen LogP contribution in [0.3, 0.4) is 0 Å². The first-order valence-electron chi connectivity index (χ1n) is 10.5. The molecule has 0 spiro atoms. The second-order valence-corrected chi connectivity index (χ2v) is 7.98. The van der Waals surface area contributed by atoms with E-state index in [-0.39, 0.29) is 12.8 Å². The average Bonchev–Trinajstić information content (AvgIpc) is 3.23. The van der Waals surface area contributed by atoms with E-state index in [0.717, 1.165) is 59.2 Å². The van der Waals surface area contributed by atoms with Gasteiger partial charge in [0, 0.05) is 38.4 Å². The lowest BCUT2D eigenvalue weighted by atomic mass is 10.1. The van der Waals surface area contributed by atoms with Gasteiger partial charge in [-0.3, -0.25) is 4.90 Å². The molecule has 160 valence electrons. The van der Waals surface area contributed by atoms with Crippen molar-refractivity contribution in [2.45, 2.75) is 20.4 Å². The van der Waals surface area contributed by atoms with E-state index >= 15 is 0 Å². The summed E-state index contributed by atoms with van der Waals surface area (Å²) in [4.78, 5) is 26.1. The molecule has 0 aliphatic carbocycles. The molecule has 2 amide bonds. The van der Waals surface area contributed by atoms with Crippen molar-refractivity contribution in [3.63, 3.8) is 0 Å². The molecular weight excluding hydrogens is 394 g/mol. The van der Waals surface area contributed by atoms with Crippen molar-refractivity contribution in [3.05, 3.63) is 53.3 Å². The molecule has 0 unspecified atom stereocenters. The van der Waals surface area contributed by atoms with Gasteiger partial charge in [-0.1, -0.05) is 6.07 Å². The van der Waals surface area contributed by atoms with Crippen LogP contribution in [0.15, 0.2) is 36.4 Å². The molecule has 31 heavy (non-hydrogen) atoms. The molecule has 3 heterocycles. The number of aryl methyl sites for hydroxylation is 2. The number of carbonyl (C=O) groups is 1. The Morgan fingerprint density at radius 2 is 1.68 bits per heavy atom. The van der Waals surface area contributed by atoms with Gasteiger partial charge in [0.15, 0.2) is 11.5 Å². The zero-order valence-corrected chi connectivity index (χ0v) is 17.7. The third-order valence-corrected chi connectivity index (χ3v) is 5.83. The Balaban J connectivity index is 1.17. The number of rotatable bonds is 3. The molecule has 1 fully saturated rings. The maximum absolute atomic E-state index is 12.7. The fourth-order valence-corrected chi connectivity index (χ4v) is 3.92. The fraction of sp³-hybridized carbons (Fsp3) is 0.348. The highest BCUT2D eigenvalue weighted by Gasteiger charge is 2.22. The summed E-state index contributed by atoms with van der Waals surface area (Å²) in [7, 11) is 0. The van der Waals surface area contributed by atoms with Crippen LogP contribution in [-0.2, 0) is 6.54 Å². The number of urea groups is 1. The molecule has 0 radical (unpaired) electrons. The number of nitrogens with zero attached hydrogens (tertiary/aromatic N) is 4. The molecule has 0 saturated carbocycles. The van der Waals surface area contributed by atoms with E-state index in [4.69, 9.17) is 9.47 Å². The van der Waals surface area contributed by atoms with Gasteiger partial charge in [0.25, 0.3) is 0 Å². The number of ether oxygens (including phenoxy) is 2. The van der Waals surface area contributed by atoms with E-state index < -0.39 is 0 Å². The van der Waals surface area contributed by atoms with Gasteiger partial charge >= 0.3 is 6.03 Å². The average molecular weight is 419 g/mol. The number of amides is 2. The molecule has 1 saturated heterocycles. The Bertz CT molecular complexity index is 1140. The van der Waals surface area contributed by atoms with Crippen LogP contribution in [0.1, 0.15) is 17.0 Å². The summed E-state index contributed by atoms with van der Waals surface area (Å²) in [6, 6.07) is 11.6. The molecule has 8 heteroatoms. The monoisotopic (exact) mass is 419 g/mol. The first-order valence-corrected chi connectivity index (χ1v) is 10.5. The topological polar surface area (TPSA) is 79.8 Å². The van der Waals surface area contributed by atoms with Crippen LogP contribution in [0, 0.1) is 13.8 Å². The van der Waals surface area contributed by atoms with Crippen LogP contribution in [0.2, 0.25) is 0 Å². The number of aromatic nitrogens is 2. The van der Waals surface area contributed by atoms with Crippen LogP contribution in [-0.4, -0.2) is 58.8 Å². The standard InChI is InChI=1S/C23H25N5O3/c1-15-16(2)25-20-12-18(4-5-19(20)24-15)26-23(29)28-9-7-27(8-10-28)13-17-3-6-21-22(11-17)31-14-30-21/h3-6,11-12H,7-10,13-14H2,1-2H3,(H,26,29). The normalized spacial score (nSPS) is 16.0. The number of benzene rings is 2. The van der Waals surface area contributed by atoms with Gasteiger partial charge in [0.2, 0.25) is 6.79 Å². The smallest absolute Gasteiger partial charge is 0.321 e. The Morgan fingerprint density at radius 1 is 0.935 bits per heavy atom. The van der Waals surface area contributed by atoms with Gasteiger partial charge in [-0.2, -0.15) is 0 Å². The quantitative estimate of drug-likeness (QED) is 0.702. The number of hydrogen-bond donors (Lipinski definition) is 1. The molecular formula is C23H25N5O3. The number of nitrogens with one attached hydrogen (secondary N) is 1. The van der Waals surface area contributed by atoms with Crippen LogP contribution in [0.4, 0.5) is 10.5 Å². The highest BCUT2D eigenvalue weighted by molar-refractivity contribution is 5.92. The van der Waals surface area contributed by atoms with Crippen LogP contribution in [0.25, 0.3) is 11.0 Å². The highest BCUT2D eigenvalue weighted by Crippen LogP contribution is 2.32. The summed E-state index contributed by atoms with van der Waals surface area (Å²) >= 11 is 0. The third-order valence-electron chi connectivity index (χ3n) is 5.83. The lowest BCUT2D eigenvalue weighted by molar-refractivity contribution is 0.143. The molecule has 3 aromatic rings. The summed E-state index contributed by atoms with van der Waals surface area (Å²) in [6.45, 7) is 8.01. The summed E-state index contributed by atoms with van der Waals surface area (Å²) in [6.07, 6.45) is 0. The van der Waals surface area contributed by atoms with E-state index in [2.05, 4.69) is 26.3 Å². The molecule has 0 bridgehead atoms. The molecule has 1 aromatic heterocycles. The van der Waals surface area contributed by atoms with Crippen LogP contribution < -0.4 is 14.8 Å². The summed E-state index contributed by atoms with van der Waals surface area (Å²) in [5.41, 5.74) is 5.35. The summed E-state index contributed by atoms with van der Waals surface area (Å²) in [5.74, 6) is 1.61. The minimum atomic E-state index is -0.0844. The van der Waals surface area contributed by atoms with Gasteiger partial charge < -0.3 is 19.7 Å². The SMILES string of the molecule is Cc1nc2ccc(NC(=O)N3CCN(Cc4ccc5c(c4)OCO5)CC3)cc2nc1C. The van der Waals surface area contributed by atoms with Gasteiger partial charge in [0.05, 0.1) is 22.4 Å². The second-order valence-electron chi connectivity index (χ2n) is 7.98. The van der Waals surface area contributed by atoms with Crippen molar-refractivity contribution >= 4 is 22.8 Å². The summed E-state index contributed by atoms with van der Waals surface area (Å²) in [5, 5.41) is 3.00. The van der Waals surface area contributed by atoms with Crippen molar-refractivity contribution in [3.8, 4) is 11.5 Å². The minimum absolute atomic E-state index is 0.0844. The molecule has 2 aliphatic rings. The molecule has 0 atom stereocenters. The zero-order valence-electron chi connectivity index (χ0n) is 17.7. The fourth-order valence-electron chi connectivity index (χ4n) is 3.92. The van der Waals surface area contributed by atoms with Gasteiger partial charge in [-0.05, 0) is 49.7 Å². The largest absolute Gasteiger partial charge is 0.454 e. The van der Waals surface area contributed by atoms with E-state index in [1.54, 1.807) is 0 Å². The van der Waals surface area contributed by atoms with Crippen molar-refractivity contribution in [2.75, 3.05) is 38.3 Å². The molecule has 2 aliphatic heterocycles. The summed E-state index contributed by atoms with van der Waals surface area (Å²) < 4.78 is 10.8. The molecule has 5 rings (SSSR count). The lowest BCUT2D eigenvalue weighted by Gasteiger charge is -2.34. The Labute approximate surface area is 180 Å². The maximum atomic E-state index is 12.7. The lowest BCUT2D eigenvalue weighted by Crippen LogP contribution is -2.49. The Kier molecular flexibility index (Phi) is 5.07.